The molecule has 0 aliphatic heterocycles. The molecule has 2 N–H and O–H groups in total. The lowest BCUT2D eigenvalue weighted by molar-refractivity contribution is -0.128. The van der Waals surface area contributed by atoms with Gasteiger partial charge in [0.2, 0.25) is 5.91 Å². The van der Waals surface area contributed by atoms with Crippen molar-refractivity contribution in [1.82, 2.24) is 15.5 Å². The number of nitrogens with one attached hydrogen (secondary N) is 2. The van der Waals surface area contributed by atoms with Crippen LogP contribution in [-0.4, -0.2) is 42.5 Å². The van der Waals surface area contributed by atoms with E-state index in [2.05, 4.69) is 10.6 Å². The van der Waals surface area contributed by atoms with Crippen LogP contribution in [0.5, 0.6) is 0 Å². The van der Waals surface area contributed by atoms with Crippen molar-refractivity contribution < 1.29 is 14.0 Å². The Labute approximate surface area is 129 Å². The van der Waals surface area contributed by atoms with Gasteiger partial charge in [-0.25, -0.2) is 9.18 Å². The van der Waals surface area contributed by atoms with Crippen molar-refractivity contribution in [3.63, 3.8) is 0 Å². The third-order valence-corrected chi connectivity index (χ3v) is 3.63. The van der Waals surface area contributed by atoms with Crippen molar-refractivity contribution in [1.29, 1.82) is 0 Å². The predicted octanol–water partition coefficient (Wildman–Crippen LogP) is 1.68. The smallest absolute Gasteiger partial charge is 0.315 e. The maximum atomic E-state index is 13.6. The van der Waals surface area contributed by atoms with Gasteiger partial charge in [0.15, 0.2) is 0 Å². The molecule has 0 spiro atoms. The zero-order chi connectivity index (χ0) is 15.9. The molecule has 0 bridgehead atoms. The van der Waals surface area contributed by atoms with Crippen molar-refractivity contribution in [3.05, 3.63) is 35.6 Å². The van der Waals surface area contributed by atoms with Gasteiger partial charge in [0.25, 0.3) is 0 Å². The van der Waals surface area contributed by atoms with Crippen LogP contribution in [0.4, 0.5) is 9.18 Å². The number of nitrogens with zero attached hydrogens (tertiary/aromatic N) is 1. The number of carbonyl (C=O) groups is 2. The van der Waals surface area contributed by atoms with Crippen molar-refractivity contribution in [3.8, 4) is 0 Å². The SMILES string of the molecule is CC(=O)N(CCNC(=O)NC1CC1)CCc1ccccc1F. The summed E-state index contributed by atoms with van der Waals surface area (Å²) in [4.78, 5) is 24.7. The highest BCUT2D eigenvalue weighted by Crippen LogP contribution is 2.18. The minimum absolute atomic E-state index is 0.0826. The van der Waals surface area contributed by atoms with Crippen LogP contribution < -0.4 is 10.6 Å². The quantitative estimate of drug-likeness (QED) is 0.805. The maximum absolute atomic E-state index is 13.6. The Morgan fingerprint density at radius 2 is 2.00 bits per heavy atom. The minimum Gasteiger partial charge on any atom is -0.341 e. The lowest BCUT2D eigenvalue weighted by Gasteiger charge is -2.21. The van der Waals surface area contributed by atoms with Gasteiger partial charge in [-0.3, -0.25) is 4.79 Å². The van der Waals surface area contributed by atoms with E-state index in [9.17, 15) is 14.0 Å². The Bertz CT molecular complexity index is 532. The van der Waals surface area contributed by atoms with E-state index in [1.54, 1.807) is 23.1 Å². The zero-order valence-electron chi connectivity index (χ0n) is 12.8. The Morgan fingerprint density at radius 3 is 2.64 bits per heavy atom. The van der Waals surface area contributed by atoms with Crippen LogP contribution in [0.2, 0.25) is 0 Å². The monoisotopic (exact) mass is 307 g/mol. The number of hydrogen-bond acceptors (Lipinski definition) is 2. The van der Waals surface area contributed by atoms with Gasteiger partial charge in [0.1, 0.15) is 5.82 Å². The molecule has 1 aromatic carbocycles. The third kappa shape index (κ3) is 5.35. The fraction of sp³-hybridized carbons (Fsp3) is 0.500. The van der Waals surface area contributed by atoms with E-state index >= 15 is 0 Å². The van der Waals surface area contributed by atoms with Crippen LogP contribution >= 0.6 is 0 Å². The van der Waals surface area contributed by atoms with Gasteiger partial charge in [0.05, 0.1) is 0 Å². The van der Waals surface area contributed by atoms with Crippen molar-refractivity contribution in [2.45, 2.75) is 32.2 Å². The van der Waals surface area contributed by atoms with Crippen molar-refractivity contribution in [2.24, 2.45) is 0 Å². The summed E-state index contributed by atoms with van der Waals surface area (Å²) in [6.45, 7) is 2.71. The normalized spacial score (nSPS) is 13.5. The summed E-state index contributed by atoms with van der Waals surface area (Å²) in [5.74, 6) is -0.339. The molecule has 0 aromatic heterocycles. The molecule has 1 fully saturated rings. The molecule has 1 aliphatic carbocycles. The molecule has 22 heavy (non-hydrogen) atoms. The van der Waals surface area contributed by atoms with E-state index in [-0.39, 0.29) is 17.8 Å². The Kier molecular flexibility index (Phi) is 5.75. The van der Waals surface area contributed by atoms with Gasteiger partial charge in [-0.05, 0) is 30.9 Å². The Morgan fingerprint density at radius 1 is 1.27 bits per heavy atom. The molecular formula is C16H22FN3O2. The largest absolute Gasteiger partial charge is 0.341 e. The number of carbonyl (C=O) groups excluding carboxylic acids is 2. The second-order valence-corrected chi connectivity index (χ2v) is 5.52. The second-order valence-electron chi connectivity index (χ2n) is 5.52. The van der Waals surface area contributed by atoms with Gasteiger partial charge >= 0.3 is 6.03 Å². The molecule has 0 radical (unpaired) electrons. The highest BCUT2D eigenvalue weighted by Gasteiger charge is 2.23. The van der Waals surface area contributed by atoms with Crippen LogP contribution in [0.3, 0.4) is 0 Å². The van der Waals surface area contributed by atoms with E-state index in [1.807, 2.05) is 0 Å². The first-order valence-electron chi connectivity index (χ1n) is 7.59. The van der Waals surface area contributed by atoms with E-state index in [0.29, 0.717) is 37.7 Å². The highest BCUT2D eigenvalue weighted by atomic mass is 19.1. The number of amides is 3. The average Bonchev–Trinajstić information content (AvgIpc) is 3.27. The lowest BCUT2D eigenvalue weighted by Crippen LogP contribution is -2.42. The number of benzene rings is 1. The summed E-state index contributed by atoms with van der Waals surface area (Å²) in [6, 6.07) is 6.67. The van der Waals surface area contributed by atoms with Gasteiger partial charge in [0, 0.05) is 32.6 Å². The topological polar surface area (TPSA) is 61.4 Å². The summed E-state index contributed by atoms with van der Waals surface area (Å²) in [5.41, 5.74) is 0.591. The first-order valence-corrected chi connectivity index (χ1v) is 7.59. The molecule has 5 nitrogen and oxygen atoms in total. The van der Waals surface area contributed by atoms with E-state index < -0.39 is 0 Å². The molecule has 1 saturated carbocycles. The van der Waals surface area contributed by atoms with Crippen molar-refractivity contribution >= 4 is 11.9 Å². The van der Waals surface area contributed by atoms with E-state index in [1.165, 1.54) is 13.0 Å². The Hall–Kier alpha value is -2.11. The standard InChI is InChI=1S/C16H22FN3O2/c1-12(21)20(10-8-13-4-2-3-5-15(13)17)11-9-18-16(22)19-14-6-7-14/h2-5,14H,6-11H2,1H3,(H2,18,19,22). The summed E-state index contributed by atoms with van der Waals surface area (Å²) >= 11 is 0. The average molecular weight is 307 g/mol. The first-order chi connectivity index (χ1) is 10.6. The van der Waals surface area contributed by atoms with E-state index in [0.717, 1.165) is 12.8 Å². The van der Waals surface area contributed by atoms with E-state index in [4.69, 9.17) is 0 Å². The Balaban J connectivity index is 1.73. The lowest BCUT2D eigenvalue weighted by atomic mass is 10.1. The van der Waals surface area contributed by atoms with Gasteiger partial charge < -0.3 is 15.5 Å². The molecular weight excluding hydrogens is 285 g/mol. The molecule has 1 aliphatic rings. The minimum atomic E-state index is -0.257. The fourth-order valence-electron chi connectivity index (χ4n) is 2.15. The molecule has 2 rings (SSSR count). The zero-order valence-corrected chi connectivity index (χ0v) is 12.8. The third-order valence-electron chi connectivity index (χ3n) is 3.63. The number of rotatable bonds is 7. The molecule has 0 atom stereocenters. The van der Waals surface area contributed by atoms with Crippen LogP contribution in [0.15, 0.2) is 24.3 Å². The summed E-state index contributed by atoms with van der Waals surface area (Å²) in [7, 11) is 0. The highest BCUT2D eigenvalue weighted by molar-refractivity contribution is 5.75. The number of hydrogen-bond donors (Lipinski definition) is 2. The predicted molar refractivity (Wildman–Crippen MR) is 81.9 cm³/mol. The van der Waals surface area contributed by atoms with Crippen molar-refractivity contribution in [2.75, 3.05) is 19.6 Å². The fourth-order valence-corrected chi connectivity index (χ4v) is 2.15. The molecule has 6 heteroatoms. The molecule has 0 unspecified atom stereocenters. The summed E-state index contributed by atoms with van der Waals surface area (Å²) in [5, 5.41) is 5.55. The molecule has 120 valence electrons. The molecule has 1 aromatic rings. The second kappa shape index (κ2) is 7.77. The molecule has 3 amide bonds. The van der Waals surface area contributed by atoms with Crippen LogP contribution in [0.25, 0.3) is 0 Å². The van der Waals surface area contributed by atoms with Gasteiger partial charge in [-0.1, -0.05) is 18.2 Å². The van der Waals surface area contributed by atoms with Crippen LogP contribution in [0, 0.1) is 5.82 Å². The summed E-state index contributed by atoms with van der Waals surface area (Å²) < 4.78 is 13.6. The van der Waals surface area contributed by atoms with Crippen LogP contribution in [0.1, 0.15) is 25.3 Å². The number of halogens is 1. The molecule has 0 saturated heterocycles. The summed E-state index contributed by atoms with van der Waals surface area (Å²) in [6.07, 6.45) is 2.53. The molecule has 0 heterocycles. The van der Waals surface area contributed by atoms with Gasteiger partial charge in [-0.2, -0.15) is 0 Å². The van der Waals surface area contributed by atoms with Gasteiger partial charge in [-0.15, -0.1) is 0 Å². The maximum Gasteiger partial charge on any atom is 0.315 e. The van der Waals surface area contributed by atoms with Crippen LogP contribution in [-0.2, 0) is 11.2 Å². The first kappa shape index (κ1) is 16.3. The number of urea groups is 1.